The van der Waals surface area contributed by atoms with Gasteiger partial charge >= 0.3 is 5.97 Å². The van der Waals surface area contributed by atoms with Gasteiger partial charge in [0.05, 0.1) is 33.5 Å². The Hall–Kier alpha value is -4.34. The molecule has 10 nitrogen and oxygen atoms in total. The van der Waals surface area contributed by atoms with E-state index < -0.39 is 5.97 Å². The highest BCUT2D eigenvalue weighted by atomic mass is 16.5. The smallest absolute Gasteiger partial charge is 0.342 e. The monoisotopic (exact) mass is 672 g/mol. The van der Waals surface area contributed by atoms with Crippen molar-refractivity contribution in [2.45, 2.75) is 92.1 Å². The van der Waals surface area contributed by atoms with E-state index in [1.807, 2.05) is 37.3 Å². The highest BCUT2D eigenvalue weighted by Gasteiger charge is 2.39. The van der Waals surface area contributed by atoms with Gasteiger partial charge in [-0.05, 0) is 74.3 Å². The van der Waals surface area contributed by atoms with Crippen molar-refractivity contribution in [1.82, 2.24) is 14.8 Å². The molecule has 3 aromatic rings. The molecule has 1 saturated carbocycles. The van der Waals surface area contributed by atoms with Crippen molar-refractivity contribution in [3.8, 4) is 34.4 Å². The second kappa shape index (κ2) is 16.4. The lowest BCUT2D eigenvalue weighted by atomic mass is 9.75. The molecule has 0 N–H and O–H groups in total. The van der Waals surface area contributed by atoms with E-state index in [9.17, 15) is 4.79 Å². The van der Waals surface area contributed by atoms with Crippen LogP contribution in [0.25, 0.3) is 17.0 Å². The Morgan fingerprint density at radius 2 is 1.57 bits per heavy atom. The molecule has 2 heterocycles. The summed E-state index contributed by atoms with van der Waals surface area (Å²) >= 11 is 0. The van der Waals surface area contributed by atoms with Gasteiger partial charge in [0, 0.05) is 11.6 Å². The van der Waals surface area contributed by atoms with E-state index in [4.69, 9.17) is 38.8 Å². The second-order valence-corrected chi connectivity index (χ2v) is 13.5. The third-order valence-electron chi connectivity index (χ3n) is 9.65. The number of aromatic nitrogens is 3. The SMILES string of the molecule is CCCCCCCCOc1ccc(OC)c(-c2nc3n(n2)C(=Nc2ccc(OC)cc2OC)C(C)=C3C(=O)OC2C(C)CC(C)CC2C)c1. The molecule has 1 aromatic heterocycles. The number of allylic oxidation sites excluding steroid dienone is 1. The van der Waals surface area contributed by atoms with Gasteiger partial charge in [0.2, 0.25) is 0 Å². The van der Waals surface area contributed by atoms with Crippen LogP contribution in [-0.4, -0.2) is 60.6 Å². The topological polar surface area (TPSA) is 106 Å². The summed E-state index contributed by atoms with van der Waals surface area (Å²) in [6.45, 7) is 11.3. The Balaban J connectivity index is 1.51. The number of methoxy groups -OCH3 is 3. The summed E-state index contributed by atoms with van der Waals surface area (Å²) in [7, 11) is 4.80. The molecule has 0 saturated heterocycles. The Morgan fingerprint density at radius 3 is 2.27 bits per heavy atom. The van der Waals surface area contributed by atoms with Crippen molar-refractivity contribution < 1.29 is 28.5 Å². The van der Waals surface area contributed by atoms with Crippen LogP contribution in [0.15, 0.2) is 47.0 Å². The maximum atomic E-state index is 14.1. The van der Waals surface area contributed by atoms with Crippen molar-refractivity contribution in [2.75, 3.05) is 27.9 Å². The number of carbonyl (C=O) groups is 1. The average Bonchev–Trinajstić information content (AvgIpc) is 3.62. The van der Waals surface area contributed by atoms with Gasteiger partial charge in [-0.25, -0.2) is 14.8 Å². The van der Waals surface area contributed by atoms with Crippen molar-refractivity contribution in [1.29, 1.82) is 0 Å². The van der Waals surface area contributed by atoms with Gasteiger partial charge in [-0.2, -0.15) is 4.68 Å². The highest BCUT2D eigenvalue weighted by Crippen LogP contribution is 2.40. The summed E-state index contributed by atoms with van der Waals surface area (Å²) in [5.41, 5.74) is 2.18. The summed E-state index contributed by atoms with van der Waals surface area (Å²) in [4.78, 5) is 24.0. The van der Waals surface area contributed by atoms with Crippen LogP contribution >= 0.6 is 0 Å². The van der Waals surface area contributed by atoms with Crippen molar-refractivity contribution >= 4 is 23.1 Å². The fourth-order valence-electron chi connectivity index (χ4n) is 7.17. The number of hydrogen-bond acceptors (Lipinski definition) is 9. The van der Waals surface area contributed by atoms with Gasteiger partial charge in [-0.3, -0.25) is 0 Å². The summed E-state index contributed by atoms with van der Waals surface area (Å²) in [5, 5.41) is 4.91. The molecule has 1 fully saturated rings. The molecule has 1 aliphatic carbocycles. The first-order valence-electron chi connectivity index (χ1n) is 17.7. The first-order valence-corrected chi connectivity index (χ1v) is 17.7. The number of benzene rings is 2. The molecule has 1 aliphatic heterocycles. The number of fused-ring (bicyclic) bond motifs is 1. The molecule has 2 aromatic carbocycles. The largest absolute Gasteiger partial charge is 0.497 e. The molecule has 10 heteroatoms. The zero-order valence-corrected chi connectivity index (χ0v) is 30.4. The Morgan fingerprint density at radius 1 is 0.878 bits per heavy atom. The van der Waals surface area contributed by atoms with E-state index in [1.165, 1.54) is 25.7 Å². The number of unbranched alkanes of at least 4 members (excludes halogenated alkanes) is 5. The average molecular weight is 673 g/mol. The van der Waals surface area contributed by atoms with Crippen molar-refractivity contribution in [2.24, 2.45) is 22.7 Å². The van der Waals surface area contributed by atoms with Crippen LogP contribution in [0.1, 0.15) is 91.8 Å². The van der Waals surface area contributed by atoms with E-state index in [1.54, 1.807) is 32.1 Å². The van der Waals surface area contributed by atoms with E-state index in [0.717, 1.165) is 25.7 Å². The molecule has 0 amide bonds. The highest BCUT2D eigenvalue weighted by molar-refractivity contribution is 6.28. The molecule has 5 rings (SSSR count). The Kier molecular flexibility index (Phi) is 12.0. The molecule has 2 unspecified atom stereocenters. The first kappa shape index (κ1) is 36.0. The number of carbonyl (C=O) groups excluding carboxylic acids is 1. The molecule has 0 spiro atoms. The minimum atomic E-state index is -0.425. The van der Waals surface area contributed by atoms with Crippen molar-refractivity contribution in [3.63, 3.8) is 0 Å². The van der Waals surface area contributed by atoms with Gasteiger partial charge in [-0.1, -0.05) is 59.8 Å². The van der Waals surface area contributed by atoms with Gasteiger partial charge in [0.15, 0.2) is 17.5 Å². The summed E-state index contributed by atoms with van der Waals surface area (Å²) < 4.78 is 30.8. The fraction of sp³-hybridized carbons (Fsp3) is 0.538. The maximum absolute atomic E-state index is 14.1. The lowest BCUT2D eigenvalue weighted by molar-refractivity contribution is -0.150. The molecule has 0 bridgehead atoms. The molecular formula is C39H52N4O6. The van der Waals surface area contributed by atoms with Crippen LogP contribution < -0.4 is 18.9 Å². The number of aliphatic imine (C=N–C) groups is 1. The van der Waals surface area contributed by atoms with Crippen molar-refractivity contribution in [3.05, 3.63) is 47.8 Å². The third kappa shape index (κ3) is 8.11. The van der Waals surface area contributed by atoms with Gasteiger partial charge in [0.25, 0.3) is 0 Å². The summed E-state index contributed by atoms with van der Waals surface area (Å²) in [5.74, 6) is 4.34. The number of rotatable bonds is 15. The van der Waals surface area contributed by atoms with Crippen LogP contribution in [0, 0.1) is 17.8 Å². The lowest BCUT2D eigenvalue weighted by Gasteiger charge is -2.37. The van der Waals surface area contributed by atoms with Gasteiger partial charge < -0.3 is 23.7 Å². The minimum absolute atomic E-state index is 0.192. The van der Waals surface area contributed by atoms with E-state index in [0.29, 0.717) is 75.4 Å². The zero-order chi connectivity index (χ0) is 35.1. The van der Waals surface area contributed by atoms with Crippen LogP contribution in [-0.2, 0) is 9.53 Å². The lowest BCUT2D eigenvalue weighted by Crippen LogP contribution is -2.37. The normalized spacial score (nSPS) is 21.1. The second-order valence-electron chi connectivity index (χ2n) is 13.5. The predicted octanol–water partition coefficient (Wildman–Crippen LogP) is 8.69. The third-order valence-corrected chi connectivity index (χ3v) is 9.65. The number of hydrogen-bond donors (Lipinski definition) is 0. The van der Waals surface area contributed by atoms with E-state index in [-0.39, 0.29) is 17.9 Å². The Labute approximate surface area is 290 Å². The first-order chi connectivity index (χ1) is 23.7. The quantitative estimate of drug-likeness (QED) is 0.117. The minimum Gasteiger partial charge on any atom is -0.497 e. The number of ether oxygens (including phenoxy) is 5. The summed E-state index contributed by atoms with van der Waals surface area (Å²) in [6, 6.07) is 11.0. The Bertz CT molecular complexity index is 1670. The molecule has 0 radical (unpaired) electrons. The number of esters is 1. The summed E-state index contributed by atoms with van der Waals surface area (Å²) in [6.07, 6.45) is 8.96. The van der Waals surface area contributed by atoms with Crippen LogP contribution in [0.4, 0.5) is 5.69 Å². The standard InChI is InChI=1S/C39H52N4O6/c1-9-10-11-12-13-14-19-48-29-16-18-32(46-7)30(22-29)36-41-38-34(39(44)49-35-25(3)20-24(2)21-26(35)4)27(5)37(43(38)42-36)40-31-17-15-28(45-6)23-33(31)47-8/h15-18,22-26,35H,9-14,19-21H2,1-8H3. The van der Waals surface area contributed by atoms with Gasteiger partial charge in [-0.15, -0.1) is 5.10 Å². The predicted molar refractivity (Wildman–Crippen MR) is 192 cm³/mol. The van der Waals surface area contributed by atoms with E-state index in [2.05, 4.69) is 27.7 Å². The maximum Gasteiger partial charge on any atom is 0.342 e. The number of nitrogens with zero attached hydrogens (tertiary/aromatic N) is 4. The van der Waals surface area contributed by atoms with Crippen LogP contribution in [0.2, 0.25) is 0 Å². The zero-order valence-electron chi connectivity index (χ0n) is 30.4. The van der Waals surface area contributed by atoms with Crippen LogP contribution in [0.3, 0.4) is 0 Å². The molecule has 264 valence electrons. The molecule has 49 heavy (non-hydrogen) atoms. The van der Waals surface area contributed by atoms with Gasteiger partial charge in [0.1, 0.15) is 40.4 Å². The molecular weight excluding hydrogens is 620 g/mol. The van der Waals surface area contributed by atoms with Crippen LogP contribution in [0.5, 0.6) is 23.0 Å². The molecule has 2 aliphatic rings. The van der Waals surface area contributed by atoms with E-state index >= 15 is 0 Å². The molecule has 2 atom stereocenters. The fourth-order valence-corrected chi connectivity index (χ4v) is 7.17.